The second-order valence-corrected chi connectivity index (χ2v) is 5.68. The van der Waals surface area contributed by atoms with Crippen molar-refractivity contribution in [1.29, 1.82) is 0 Å². The summed E-state index contributed by atoms with van der Waals surface area (Å²) >= 11 is 0. The third-order valence-electron chi connectivity index (χ3n) is 4.03. The molecule has 3 rings (SSSR count). The van der Waals surface area contributed by atoms with Gasteiger partial charge in [-0.2, -0.15) is 0 Å². The quantitative estimate of drug-likeness (QED) is 0.908. The molecule has 0 atom stereocenters. The zero-order chi connectivity index (χ0) is 17.8. The van der Waals surface area contributed by atoms with Crippen LogP contribution in [0.25, 0.3) is 0 Å². The van der Waals surface area contributed by atoms with Crippen LogP contribution in [0.15, 0.2) is 42.5 Å². The first-order valence-corrected chi connectivity index (χ1v) is 8.10. The van der Waals surface area contributed by atoms with Crippen molar-refractivity contribution >= 4 is 23.2 Å². The van der Waals surface area contributed by atoms with Crippen LogP contribution in [0, 0.1) is 0 Å². The van der Waals surface area contributed by atoms with Crippen LogP contribution in [0.3, 0.4) is 0 Å². The second kappa shape index (κ2) is 7.25. The van der Waals surface area contributed by atoms with Gasteiger partial charge in [-0.15, -0.1) is 0 Å². The Bertz CT molecular complexity index is 787. The summed E-state index contributed by atoms with van der Waals surface area (Å²) in [4.78, 5) is 25.7. The molecule has 0 spiro atoms. The number of fused-ring (bicyclic) bond motifs is 1. The number of likely N-dealkylation sites (N-methyl/N-ethyl adjacent to an activating group) is 1. The van der Waals surface area contributed by atoms with E-state index in [1.54, 1.807) is 30.2 Å². The molecular formula is C19H20N2O4. The predicted molar refractivity (Wildman–Crippen MR) is 95.3 cm³/mol. The van der Waals surface area contributed by atoms with Gasteiger partial charge in [0.25, 0.3) is 5.91 Å². The maximum absolute atomic E-state index is 12.2. The number of hydrogen-bond donors (Lipinski definition) is 1. The van der Waals surface area contributed by atoms with Crippen LogP contribution in [0.1, 0.15) is 12.5 Å². The smallest absolute Gasteiger partial charge is 0.265 e. The predicted octanol–water partition coefficient (Wildman–Crippen LogP) is 2.62. The molecule has 6 heteroatoms. The number of rotatable bonds is 5. The van der Waals surface area contributed by atoms with Gasteiger partial charge >= 0.3 is 0 Å². The molecule has 0 unspecified atom stereocenters. The van der Waals surface area contributed by atoms with Gasteiger partial charge in [-0.1, -0.05) is 12.1 Å². The number of nitrogens with one attached hydrogen (secondary N) is 1. The van der Waals surface area contributed by atoms with E-state index in [-0.39, 0.29) is 24.8 Å². The Hall–Kier alpha value is -3.02. The first kappa shape index (κ1) is 16.8. The van der Waals surface area contributed by atoms with Crippen molar-refractivity contribution in [3.05, 3.63) is 48.0 Å². The largest absolute Gasteiger partial charge is 0.497 e. The molecule has 1 N–H and O–H groups in total. The number of hydrogen-bond acceptors (Lipinski definition) is 4. The average molecular weight is 340 g/mol. The highest BCUT2D eigenvalue weighted by Gasteiger charge is 2.24. The van der Waals surface area contributed by atoms with E-state index >= 15 is 0 Å². The third-order valence-corrected chi connectivity index (χ3v) is 4.03. The van der Waals surface area contributed by atoms with E-state index in [2.05, 4.69) is 5.32 Å². The number of carbonyl (C=O) groups excluding carboxylic acids is 2. The van der Waals surface area contributed by atoms with E-state index in [0.717, 1.165) is 17.0 Å². The molecule has 0 fully saturated rings. The zero-order valence-electron chi connectivity index (χ0n) is 14.2. The van der Waals surface area contributed by atoms with Gasteiger partial charge in [0.15, 0.2) is 6.61 Å². The molecule has 130 valence electrons. The number of ether oxygens (including phenoxy) is 2. The number of amides is 2. The van der Waals surface area contributed by atoms with Crippen molar-refractivity contribution in [3.63, 3.8) is 0 Å². The van der Waals surface area contributed by atoms with Gasteiger partial charge in [0.05, 0.1) is 19.2 Å². The summed E-state index contributed by atoms with van der Waals surface area (Å²) in [7, 11) is 1.60. The van der Waals surface area contributed by atoms with Crippen LogP contribution in [0.2, 0.25) is 0 Å². The Labute approximate surface area is 146 Å². The lowest BCUT2D eigenvalue weighted by Crippen LogP contribution is -2.38. The van der Waals surface area contributed by atoms with Crippen LogP contribution < -0.4 is 19.7 Å². The van der Waals surface area contributed by atoms with E-state index in [1.807, 2.05) is 31.2 Å². The summed E-state index contributed by atoms with van der Waals surface area (Å²) in [5.41, 5.74) is 2.27. The molecule has 0 bridgehead atoms. The van der Waals surface area contributed by atoms with Gasteiger partial charge in [-0.3, -0.25) is 9.59 Å². The van der Waals surface area contributed by atoms with Crippen molar-refractivity contribution in [1.82, 2.24) is 0 Å². The molecule has 0 aromatic heterocycles. The first-order chi connectivity index (χ1) is 12.1. The minimum absolute atomic E-state index is 0.0179. The molecule has 2 aromatic rings. The Morgan fingerprint density at radius 3 is 2.68 bits per heavy atom. The lowest BCUT2D eigenvalue weighted by Gasteiger charge is -2.28. The van der Waals surface area contributed by atoms with Crippen LogP contribution in [0.4, 0.5) is 11.4 Å². The lowest BCUT2D eigenvalue weighted by molar-refractivity contribution is -0.121. The normalized spacial score (nSPS) is 13.0. The zero-order valence-corrected chi connectivity index (χ0v) is 14.2. The number of nitrogens with zero attached hydrogens (tertiary/aromatic N) is 1. The SMILES string of the molecule is CCN1C(=O)COc2cc(NC(=O)Cc3ccc(OC)cc3)ccc21. The van der Waals surface area contributed by atoms with Gasteiger partial charge in [0, 0.05) is 18.3 Å². The van der Waals surface area contributed by atoms with Gasteiger partial charge in [0.2, 0.25) is 5.91 Å². The molecule has 1 aliphatic rings. The Kier molecular flexibility index (Phi) is 4.88. The van der Waals surface area contributed by atoms with Crippen LogP contribution >= 0.6 is 0 Å². The molecule has 25 heavy (non-hydrogen) atoms. The summed E-state index contributed by atoms with van der Waals surface area (Å²) < 4.78 is 10.6. The van der Waals surface area contributed by atoms with Gasteiger partial charge < -0.3 is 19.7 Å². The number of benzene rings is 2. The highest BCUT2D eigenvalue weighted by molar-refractivity contribution is 5.99. The Morgan fingerprint density at radius 2 is 2.00 bits per heavy atom. The Morgan fingerprint density at radius 1 is 1.24 bits per heavy atom. The summed E-state index contributed by atoms with van der Waals surface area (Å²) in [5, 5.41) is 2.86. The van der Waals surface area contributed by atoms with E-state index in [0.29, 0.717) is 18.0 Å². The van der Waals surface area contributed by atoms with Crippen LogP contribution in [0.5, 0.6) is 11.5 Å². The van der Waals surface area contributed by atoms with Crippen molar-refractivity contribution in [3.8, 4) is 11.5 Å². The van der Waals surface area contributed by atoms with Crippen LogP contribution in [-0.2, 0) is 16.0 Å². The summed E-state index contributed by atoms with van der Waals surface area (Å²) in [6, 6.07) is 12.7. The standard InChI is InChI=1S/C19H20N2O4/c1-3-21-16-9-6-14(11-17(16)25-12-19(21)23)20-18(22)10-13-4-7-15(24-2)8-5-13/h4-9,11H,3,10,12H2,1-2H3,(H,20,22). The Balaban J connectivity index is 1.68. The molecule has 2 amide bonds. The number of anilines is 2. The average Bonchev–Trinajstić information content (AvgIpc) is 2.62. The van der Waals surface area contributed by atoms with Crippen LogP contribution in [-0.4, -0.2) is 32.1 Å². The van der Waals surface area contributed by atoms with Crippen molar-refractivity contribution in [2.75, 3.05) is 30.5 Å². The molecule has 2 aromatic carbocycles. The van der Waals surface area contributed by atoms with E-state index in [9.17, 15) is 9.59 Å². The topological polar surface area (TPSA) is 67.9 Å². The van der Waals surface area contributed by atoms with Gasteiger partial charge in [0.1, 0.15) is 11.5 Å². The second-order valence-electron chi connectivity index (χ2n) is 5.68. The molecule has 0 aliphatic carbocycles. The minimum atomic E-state index is -0.121. The molecule has 1 heterocycles. The van der Waals surface area contributed by atoms with E-state index in [1.165, 1.54) is 0 Å². The van der Waals surface area contributed by atoms with Gasteiger partial charge in [-0.05, 0) is 36.8 Å². The fourth-order valence-electron chi connectivity index (χ4n) is 2.76. The maximum atomic E-state index is 12.2. The van der Waals surface area contributed by atoms with E-state index < -0.39 is 0 Å². The van der Waals surface area contributed by atoms with Gasteiger partial charge in [-0.25, -0.2) is 0 Å². The summed E-state index contributed by atoms with van der Waals surface area (Å²) in [6.07, 6.45) is 0.265. The number of methoxy groups -OCH3 is 1. The summed E-state index contributed by atoms with van der Waals surface area (Å²) in [6.45, 7) is 2.51. The molecule has 6 nitrogen and oxygen atoms in total. The fourth-order valence-corrected chi connectivity index (χ4v) is 2.76. The van der Waals surface area contributed by atoms with Crippen molar-refractivity contribution in [2.45, 2.75) is 13.3 Å². The maximum Gasteiger partial charge on any atom is 0.265 e. The summed E-state index contributed by atoms with van der Waals surface area (Å²) in [5.74, 6) is 1.17. The van der Waals surface area contributed by atoms with E-state index in [4.69, 9.17) is 9.47 Å². The molecule has 0 saturated heterocycles. The highest BCUT2D eigenvalue weighted by atomic mass is 16.5. The minimum Gasteiger partial charge on any atom is -0.497 e. The highest BCUT2D eigenvalue weighted by Crippen LogP contribution is 2.34. The molecular weight excluding hydrogens is 320 g/mol. The molecule has 1 aliphatic heterocycles. The first-order valence-electron chi connectivity index (χ1n) is 8.10. The monoisotopic (exact) mass is 340 g/mol. The number of carbonyl (C=O) groups is 2. The van der Waals surface area contributed by atoms with Crippen molar-refractivity contribution < 1.29 is 19.1 Å². The lowest BCUT2D eigenvalue weighted by atomic mass is 10.1. The van der Waals surface area contributed by atoms with Crippen molar-refractivity contribution in [2.24, 2.45) is 0 Å². The molecule has 0 radical (unpaired) electrons. The fraction of sp³-hybridized carbons (Fsp3) is 0.263. The third kappa shape index (κ3) is 3.74. The molecule has 0 saturated carbocycles.